The first-order chi connectivity index (χ1) is 10.7. The van der Waals surface area contributed by atoms with E-state index in [-0.39, 0.29) is 0 Å². The lowest BCUT2D eigenvalue weighted by atomic mass is 10.1. The Balaban J connectivity index is 2.06. The van der Waals surface area contributed by atoms with Crippen molar-refractivity contribution in [2.24, 2.45) is 0 Å². The van der Waals surface area contributed by atoms with Crippen LogP contribution in [0.3, 0.4) is 0 Å². The topological polar surface area (TPSA) is 43.4 Å². The Morgan fingerprint density at radius 2 is 1.82 bits per heavy atom. The van der Waals surface area contributed by atoms with Crippen molar-refractivity contribution in [3.8, 4) is 11.5 Å². The summed E-state index contributed by atoms with van der Waals surface area (Å²) < 4.78 is 11.7. The lowest BCUT2D eigenvalue weighted by Crippen LogP contribution is -1.97. The van der Waals surface area contributed by atoms with Crippen LogP contribution < -0.4 is 14.8 Å². The molecule has 0 unspecified atom stereocenters. The van der Waals surface area contributed by atoms with Gasteiger partial charge in [0.05, 0.1) is 25.4 Å². The molecule has 1 N–H and O–H groups in total. The monoisotopic (exact) mass is 358 g/mol. The van der Waals surface area contributed by atoms with Crippen LogP contribution in [-0.4, -0.2) is 19.2 Å². The second-order valence-electron chi connectivity index (χ2n) is 4.71. The van der Waals surface area contributed by atoms with Gasteiger partial charge < -0.3 is 14.8 Å². The van der Waals surface area contributed by atoms with E-state index >= 15 is 0 Å². The molecular weight excluding hydrogens is 344 g/mol. The Hall–Kier alpha value is -2.27. The Morgan fingerprint density at radius 3 is 2.59 bits per heavy atom. The standard InChI is InChI=1S/C17H15BrN2O2/c1-21-12-4-6-17(22-2)16(10-12)20-14-7-8-19-15-9-11(18)3-5-13(14)15/h3-10H,1-2H3,(H,19,20). The molecule has 0 fully saturated rings. The highest BCUT2D eigenvalue weighted by molar-refractivity contribution is 9.10. The summed E-state index contributed by atoms with van der Waals surface area (Å²) in [5.74, 6) is 1.52. The number of methoxy groups -OCH3 is 2. The van der Waals surface area contributed by atoms with Crippen molar-refractivity contribution in [3.63, 3.8) is 0 Å². The van der Waals surface area contributed by atoms with Gasteiger partial charge in [-0.25, -0.2) is 0 Å². The highest BCUT2D eigenvalue weighted by Crippen LogP contribution is 2.34. The van der Waals surface area contributed by atoms with E-state index in [4.69, 9.17) is 9.47 Å². The first kappa shape index (κ1) is 14.7. The van der Waals surface area contributed by atoms with Crippen LogP contribution in [0.5, 0.6) is 11.5 Å². The summed E-state index contributed by atoms with van der Waals surface area (Å²) in [4.78, 5) is 4.39. The molecular formula is C17H15BrN2O2. The van der Waals surface area contributed by atoms with Crippen LogP contribution in [0.2, 0.25) is 0 Å². The fraction of sp³-hybridized carbons (Fsp3) is 0.118. The molecule has 0 aliphatic heterocycles. The van der Waals surface area contributed by atoms with Gasteiger partial charge in [0, 0.05) is 27.8 Å². The van der Waals surface area contributed by atoms with Gasteiger partial charge in [-0.2, -0.15) is 0 Å². The molecule has 1 heterocycles. The minimum absolute atomic E-state index is 0.753. The van der Waals surface area contributed by atoms with Crippen molar-refractivity contribution in [3.05, 3.63) is 53.1 Å². The van der Waals surface area contributed by atoms with Gasteiger partial charge in [0.1, 0.15) is 11.5 Å². The molecule has 0 aliphatic carbocycles. The lowest BCUT2D eigenvalue weighted by molar-refractivity contribution is 0.405. The molecule has 2 aromatic carbocycles. The largest absolute Gasteiger partial charge is 0.497 e. The third-order valence-electron chi connectivity index (χ3n) is 3.38. The number of anilines is 2. The van der Waals surface area contributed by atoms with Crippen molar-refractivity contribution in [2.75, 3.05) is 19.5 Å². The molecule has 0 bridgehead atoms. The number of nitrogens with zero attached hydrogens (tertiary/aromatic N) is 1. The average Bonchev–Trinajstić information content (AvgIpc) is 2.54. The Labute approximate surface area is 137 Å². The maximum Gasteiger partial charge on any atom is 0.142 e. The zero-order valence-corrected chi connectivity index (χ0v) is 13.8. The molecule has 0 atom stereocenters. The lowest BCUT2D eigenvalue weighted by Gasteiger charge is -2.14. The summed E-state index contributed by atoms with van der Waals surface area (Å²) in [5.41, 5.74) is 2.72. The minimum Gasteiger partial charge on any atom is -0.497 e. The summed E-state index contributed by atoms with van der Waals surface area (Å²) in [6.07, 6.45) is 1.78. The minimum atomic E-state index is 0.753. The van der Waals surface area contributed by atoms with E-state index in [2.05, 4.69) is 26.2 Å². The third-order valence-corrected chi connectivity index (χ3v) is 3.87. The predicted molar refractivity (Wildman–Crippen MR) is 92.3 cm³/mol. The average molecular weight is 359 g/mol. The summed E-state index contributed by atoms with van der Waals surface area (Å²) in [7, 11) is 3.29. The number of hydrogen-bond donors (Lipinski definition) is 1. The molecule has 0 saturated carbocycles. The van der Waals surface area contributed by atoms with Crippen LogP contribution in [0.1, 0.15) is 0 Å². The SMILES string of the molecule is COc1ccc(OC)c(Nc2ccnc3cc(Br)ccc23)c1. The van der Waals surface area contributed by atoms with Crippen LogP contribution in [0, 0.1) is 0 Å². The molecule has 1 aromatic heterocycles. The van der Waals surface area contributed by atoms with Crippen molar-refractivity contribution in [2.45, 2.75) is 0 Å². The number of rotatable bonds is 4. The van der Waals surface area contributed by atoms with Gasteiger partial charge in [-0.05, 0) is 36.4 Å². The summed E-state index contributed by atoms with van der Waals surface area (Å²) in [5, 5.41) is 4.44. The van der Waals surface area contributed by atoms with Crippen molar-refractivity contribution >= 4 is 38.2 Å². The van der Waals surface area contributed by atoms with E-state index in [0.717, 1.165) is 38.2 Å². The molecule has 0 radical (unpaired) electrons. The second-order valence-corrected chi connectivity index (χ2v) is 5.63. The molecule has 22 heavy (non-hydrogen) atoms. The predicted octanol–water partition coefficient (Wildman–Crippen LogP) is 4.76. The number of pyridine rings is 1. The number of hydrogen-bond acceptors (Lipinski definition) is 4. The molecule has 3 rings (SSSR count). The molecule has 0 spiro atoms. The quantitative estimate of drug-likeness (QED) is 0.730. The van der Waals surface area contributed by atoms with Crippen LogP contribution in [0.15, 0.2) is 53.1 Å². The van der Waals surface area contributed by atoms with Crippen molar-refractivity contribution in [1.82, 2.24) is 4.98 Å². The highest BCUT2D eigenvalue weighted by atomic mass is 79.9. The number of fused-ring (bicyclic) bond motifs is 1. The van der Waals surface area contributed by atoms with Crippen LogP contribution in [-0.2, 0) is 0 Å². The fourth-order valence-electron chi connectivity index (χ4n) is 2.29. The molecule has 112 valence electrons. The van der Waals surface area contributed by atoms with E-state index in [1.807, 2.05) is 42.5 Å². The molecule has 4 nitrogen and oxygen atoms in total. The van der Waals surface area contributed by atoms with Crippen LogP contribution in [0.25, 0.3) is 10.9 Å². The summed E-state index contributed by atoms with van der Waals surface area (Å²) >= 11 is 3.47. The molecule has 5 heteroatoms. The molecule has 0 amide bonds. The van der Waals surface area contributed by atoms with Gasteiger partial charge in [-0.1, -0.05) is 15.9 Å². The van der Waals surface area contributed by atoms with Crippen LogP contribution >= 0.6 is 15.9 Å². The van der Waals surface area contributed by atoms with E-state index in [1.165, 1.54) is 0 Å². The Bertz CT molecular complexity index is 821. The van der Waals surface area contributed by atoms with Crippen molar-refractivity contribution < 1.29 is 9.47 Å². The number of ether oxygens (including phenoxy) is 2. The van der Waals surface area contributed by atoms with Gasteiger partial charge in [-0.15, -0.1) is 0 Å². The van der Waals surface area contributed by atoms with E-state index in [1.54, 1.807) is 20.4 Å². The third kappa shape index (κ3) is 2.85. The van der Waals surface area contributed by atoms with E-state index in [0.29, 0.717) is 0 Å². The van der Waals surface area contributed by atoms with Gasteiger partial charge in [-0.3, -0.25) is 4.98 Å². The van der Waals surface area contributed by atoms with Gasteiger partial charge in [0.2, 0.25) is 0 Å². The highest BCUT2D eigenvalue weighted by Gasteiger charge is 2.08. The Morgan fingerprint density at radius 1 is 0.955 bits per heavy atom. The molecule has 0 aliphatic rings. The van der Waals surface area contributed by atoms with Gasteiger partial charge >= 0.3 is 0 Å². The smallest absolute Gasteiger partial charge is 0.142 e. The van der Waals surface area contributed by atoms with Gasteiger partial charge in [0.25, 0.3) is 0 Å². The second kappa shape index (κ2) is 6.23. The van der Waals surface area contributed by atoms with Crippen molar-refractivity contribution in [1.29, 1.82) is 0 Å². The number of aromatic nitrogens is 1. The maximum absolute atomic E-state index is 5.41. The zero-order chi connectivity index (χ0) is 15.5. The molecule has 0 saturated heterocycles. The zero-order valence-electron chi connectivity index (χ0n) is 12.3. The normalized spacial score (nSPS) is 10.5. The molecule has 3 aromatic rings. The number of nitrogens with one attached hydrogen (secondary N) is 1. The summed E-state index contributed by atoms with van der Waals surface area (Å²) in [6.45, 7) is 0. The van der Waals surface area contributed by atoms with Gasteiger partial charge in [0.15, 0.2) is 0 Å². The number of benzene rings is 2. The van der Waals surface area contributed by atoms with E-state index < -0.39 is 0 Å². The first-order valence-corrected chi connectivity index (χ1v) is 7.54. The Kier molecular flexibility index (Phi) is 4.15. The fourth-order valence-corrected chi connectivity index (χ4v) is 2.64. The maximum atomic E-state index is 5.41. The first-order valence-electron chi connectivity index (χ1n) is 6.74. The van der Waals surface area contributed by atoms with E-state index in [9.17, 15) is 0 Å². The van der Waals surface area contributed by atoms with Crippen LogP contribution in [0.4, 0.5) is 11.4 Å². The number of halogens is 1. The summed E-state index contributed by atoms with van der Waals surface area (Å²) in [6, 6.07) is 13.6.